The highest BCUT2D eigenvalue weighted by atomic mass is 16.6. The van der Waals surface area contributed by atoms with E-state index in [0.717, 1.165) is 25.7 Å². The van der Waals surface area contributed by atoms with Gasteiger partial charge in [0.2, 0.25) is 0 Å². The summed E-state index contributed by atoms with van der Waals surface area (Å²) in [6.45, 7) is 10.5. The molecule has 0 aromatic rings. The highest BCUT2D eigenvalue weighted by Gasteiger charge is 2.34. The molecule has 114 valence electrons. The molecule has 20 heavy (non-hydrogen) atoms. The highest BCUT2D eigenvalue weighted by molar-refractivity contribution is 5.75. The molecular weight excluding hydrogens is 248 g/mol. The van der Waals surface area contributed by atoms with Gasteiger partial charge in [-0.15, -0.1) is 0 Å². The van der Waals surface area contributed by atoms with E-state index < -0.39 is 0 Å². The van der Waals surface area contributed by atoms with E-state index in [1.807, 2.05) is 13.8 Å². The molecule has 2 nitrogen and oxygen atoms in total. The van der Waals surface area contributed by atoms with Crippen molar-refractivity contribution in [1.29, 1.82) is 0 Å². The maximum Gasteiger partial charge on any atom is 0.309 e. The van der Waals surface area contributed by atoms with E-state index in [1.54, 1.807) is 0 Å². The van der Waals surface area contributed by atoms with Gasteiger partial charge in [0, 0.05) is 6.42 Å². The molecule has 0 radical (unpaired) electrons. The van der Waals surface area contributed by atoms with Crippen molar-refractivity contribution in [2.45, 2.75) is 72.3 Å². The Morgan fingerprint density at radius 1 is 1.35 bits per heavy atom. The van der Waals surface area contributed by atoms with E-state index >= 15 is 0 Å². The van der Waals surface area contributed by atoms with Crippen LogP contribution < -0.4 is 0 Å². The van der Waals surface area contributed by atoms with Gasteiger partial charge >= 0.3 is 5.97 Å². The molecule has 0 amide bonds. The molecule has 0 spiro atoms. The predicted octanol–water partition coefficient (Wildman–Crippen LogP) is 5.05. The zero-order valence-electron chi connectivity index (χ0n) is 13.7. The van der Waals surface area contributed by atoms with E-state index in [-0.39, 0.29) is 17.5 Å². The van der Waals surface area contributed by atoms with Gasteiger partial charge in [-0.3, -0.25) is 4.79 Å². The fourth-order valence-electron chi connectivity index (χ4n) is 2.03. The highest BCUT2D eigenvalue weighted by Crippen LogP contribution is 2.32. The number of hydrogen-bond donors (Lipinski definition) is 0. The molecule has 0 aromatic heterocycles. The molecule has 1 atom stereocenters. The van der Waals surface area contributed by atoms with Crippen molar-refractivity contribution >= 4 is 5.97 Å². The Morgan fingerprint density at radius 3 is 2.55 bits per heavy atom. The van der Waals surface area contributed by atoms with Gasteiger partial charge in [0.05, 0.1) is 5.92 Å². The van der Waals surface area contributed by atoms with Crippen LogP contribution in [0.3, 0.4) is 0 Å². The van der Waals surface area contributed by atoms with Crippen LogP contribution in [0.2, 0.25) is 0 Å². The van der Waals surface area contributed by atoms with E-state index in [9.17, 15) is 4.79 Å². The van der Waals surface area contributed by atoms with Crippen LogP contribution in [0.5, 0.6) is 0 Å². The van der Waals surface area contributed by atoms with Gasteiger partial charge in [0.1, 0.15) is 5.60 Å². The monoisotopic (exact) mass is 278 g/mol. The van der Waals surface area contributed by atoms with Crippen molar-refractivity contribution < 1.29 is 9.53 Å². The fourth-order valence-corrected chi connectivity index (χ4v) is 2.03. The first-order valence-corrected chi connectivity index (χ1v) is 7.83. The molecule has 1 aliphatic carbocycles. The van der Waals surface area contributed by atoms with Gasteiger partial charge in [-0.1, -0.05) is 30.7 Å². The third kappa shape index (κ3) is 7.52. The molecule has 0 aliphatic heterocycles. The summed E-state index contributed by atoms with van der Waals surface area (Å²) < 4.78 is 5.56. The molecule has 0 saturated heterocycles. The molecule has 0 aromatic carbocycles. The first kappa shape index (κ1) is 17.0. The molecule has 1 fully saturated rings. The van der Waals surface area contributed by atoms with Gasteiger partial charge in [-0.2, -0.15) is 0 Å². The quantitative estimate of drug-likeness (QED) is 0.459. The van der Waals surface area contributed by atoms with Crippen molar-refractivity contribution in [3.63, 3.8) is 0 Å². The largest absolute Gasteiger partial charge is 0.459 e. The van der Waals surface area contributed by atoms with Gasteiger partial charge < -0.3 is 4.74 Å². The second-order valence-electron chi connectivity index (χ2n) is 6.92. The minimum atomic E-state index is -0.379. The Labute approximate surface area is 124 Å². The number of esters is 1. The Balaban J connectivity index is 2.26. The zero-order chi connectivity index (χ0) is 15.2. The van der Waals surface area contributed by atoms with Crippen molar-refractivity contribution in [1.82, 2.24) is 0 Å². The molecule has 0 bridgehead atoms. The number of ether oxygens (including phenoxy) is 1. The molecule has 0 heterocycles. The summed E-state index contributed by atoms with van der Waals surface area (Å²) in [6.07, 6.45) is 11.8. The lowest BCUT2D eigenvalue weighted by Crippen LogP contribution is -2.28. The van der Waals surface area contributed by atoms with Crippen molar-refractivity contribution in [3.05, 3.63) is 23.8 Å². The van der Waals surface area contributed by atoms with E-state index in [2.05, 4.69) is 39.0 Å². The normalized spacial score (nSPS) is 17.1. The van der Waals surface area contributed by atoms with Gasteiger partial charge in [-0.05, 0) is 59.3 Å². The Bertz CT molecular complexity index is 369. The molecule has 1 rings (SSSR count). The molecule has 2 heteroatoms. The lowest BCUT2D eigenvalue weighted by atomic mass is 10.00. The average Bonchev–Trinajstić information content (AvgIpc) is 3.10. The van der Waals surface area contributed by atoms with Gasteiger partial charge in [-0.25, -0.2) is 0 Å². The lowest BCUT2D eigenvalue weighted by Gasteiger charge is -2.23. The smallest absolute Gasteiger partial charge is 0.309 e. The van der Waals surface area contributed by atoms with Crippen molar-refractivity contribution in [2.24, 2.45) is 11.8 Å². The van der Waals surface area contributed by atoms with Crippen LogP contribution in [-0.2, 0) is 9.53 Å². The number of allylic oxidation sites excluding steroid dienone is 3. The third-order valence-corrected chi connectivity index (χ3v) is 3.54. The van der Waals surface area contributed by atoms with Crippen LogP contribution in [0, 0.1) is 11.8 Å². The summed E-state index contributed by atoms with van der Waals surface area (Å²) in [5, 5.41) is 0. The van der Waals surface area contributed by atoms with Crippen molar-refractivity contribution in [3.8, 4) is 0 Å². The maximum absolute atomic E-state index is 11.7. The Hall–Kier alpha value is -1.05. The number of hydrogen-bond acceptors (Lipinski definition) is 2. The summed E-state index contributed by atoms with van der Waals surface area (Å²) in [5.41, 5.74) is 1.00. The SMILES string of the molecule is CC(C)=CCCC(C)/C=C/CC(C)(C)OC(=O)C1CC1. The van der Waals surface area contributed by atoms with Gasteiger partial charge in [0.15, 0.2) is 0 Å². The Kier molecular flexibility index (Phi) is 6.51. The second-order valence-corrected chi connectivity index (χ2v) is 6.92. The van der Waals surface area contributed by atoms with E-state index in [1.165, 1.54) is 12.0 Å². The topological polar surface area (TPSA) is 26.3 Å². The zero-order valence-corrected chi connectivity index (χ0v) is 13.7. The van der Waals surface area contributed by atoms with E-state index in [4.69, 9.17) is 4.74 Å². The van der Waals surface area contributed by atoms with Crippen molar-refractivity contribution in [2.75, 3.05) is 0 Å². The number of carbonyl (C=O) groups excluding carboxylic acids is 1. The minimum absolute atomic E-state index is 0.0139. The Morgan fingerprint density at radius 2 is 2.00 bits per heavy atom. The first-order chi connectivity index (χ1) is 9.30. The summed E-state index contributed by atoms with van der Waals surface area (Å²) in [7, 11) is 0. The molecule has 1 aliphatic rings. The molecule has 1 saturated carbocycles. The standard InChI is InChI=1S/C18H30O2/c1-14(2)8-6-9-15(3)10-7-13-18(4,5)20-17(19)16-11-12-16/h7-8,10,15-16H,6,9,11-13H2,1-5H3/b10-7+. The average molecular weight is 278 g/mol. The third-order valence-electron chi connectivity index (χ3n) is 3.54. The second kappa shape index (κ2) is 7.66. The van der Waals surface area contributed by atoms with Crippen LogP contribution >= 0.6 is 0 Å². The molecule has 1 unspecified atom stereocenters. The summed E-state index contributed by atoms with van der Waals surface area (Å²) in [5.74, 6) is 0.738. The number of carbonyl (C=O) groups is 1. The lowest BCUT2D eigenvalue weighted by molar-refractivity contribution is -0.157. The minimum Gasteiger partial charge on any atom is -0.459 e. The number of rotatable bonds is 8. The van der Waals surface area contributed by atoms with Gasteiger partial charge in [0.25, 0.3) is 0 Å². The summed E-state index contributed by atoms with van der Waals surface area (Å²) >= 11 is 0. The fraction of sp³-hybridized carbons (Fsp3) is 0.722. The van der Waals surface area contributed by atoms with Crippen LogP contribution in [0.25, 0.3) is 0 Å². The first-order valence-electron chi connectivity index (χ1n) is 7.83. The van der Waals surface area contributed by atoms with Crippen LogP contribution in [0.1, 0.15) is 66.7 Å². The predicted molar refractivity (Wildman–Crippen MR) is 84.5 cm³/mol. The van der Waals surface area contributed by atoms with E-state index in [0.29, 0.717) is 5.92 Å². The summed E-state index contributed by atoms with van der Waals surface area (Å²) in [4.78, 5) is 11.7. The van der Waals surface area contributed by atoms with Crippen LogP contribution in [0.4, 0.5) is 0 Å². The van der Waals surface area contributed by atoms with Crippen LogP contribution in [0.15, 0.2) is 23.8 Å². The molecule has 0 N–H and O–H groups in total. The van der Waals surface area contributed by atoms with Crippen LogP contribution in [-0.4, -0.2) is 11.6 Å². The maximum atomic E-state index is 11.7. The molecular formula is C18H30O2. The summed E-state index contributed by atoms with van der Waals surface area (Å²) in [6, 6.07) is 0.